The van der Waals surface area contributed by atoms with Gasteiger partial charge in [0.2, 0.25) is 0 Å². The predicted octanol–water partition coefficient (Wildman–Crippen LogP) is 2.44. The van der Waals surface area contributed by atoms with Crippen LogP contribution in [0.2, 0.25) is 0 Å². The number of fused-ring (bicyclic) bond motifs is 1. The molecule has 1 aliphatic heterocycles. The summed E-state index contributed by atoms with van der Waals surface area (Å²) in [5, 5.41) is 11.6. The largest absolute Gasteiger partial charge is 0.545 e. The number of carbonyl (C=O) groups excluding carboxylic acids is 2. The van der Waals surface area contributed by atoms with E-state index < -0.39 is 23.5 Å². The van der Waals surface area contributed by atoms with E-state index >= 15 is 0 Å². The van der Waals surface area contributed by atoms with Gasteiger partial charge in [0, 0.05) is 28.8 Å². The van der Waals surface area contributed by atoms with Crippen LogP contribution < -0.4 is 29.5 Å². The minimum atomic E-state index is -1.33. The molecular weight excluding hydrogens is 548 g/mol. The Hall–Kier alpha value is -4.90. The van der Waals surface area contributed by atoms with Crippen LogP contribution in [0.5, 0.6) is 11.5 Å². The molecule has 1 atom stereocenters. The van der Waals surface area contributed by atoms with Crippen molar-refractivity contribution in [3.05, 3.63) is 102 Å². The van der Waals surface area contributed by atoms with Crippen LogP contribution in [-0.2, 0) is 9.53 Å². The predicted molar refractivity (Wildman–Crippen MR) is 148 cm³/mol. The minimum Gasteiger partial charge on any atom is -0.545 e. The van der Waals surface area contributed by atoms with E-state index in [0.29, 0.717) is 49.2 Å². The smallest absolute Gasteiger partial charge is 0.338 e. The molecule has 0 amide bonds. The third-order valence-corrected chi connectivity index (χ3v) is 7.55. The number of carbonyl (C=O) groups is 2. The van der Waals surface area contributed by atoms with Crippen molar-refractivity contribution in [2.45, 2.75) is 19.9 Å². The normalized spacial score (nSPS) is 14.8. The number of methoxy groups -OCH3 is 2. The van der Waals surface area contributed by atoms with Crippen LogP contribution in [0.1, 0.15) is 41.6 Å². The Labute approximate surface area is 238 Å². The zero-order valence-corrected chi connectivity index (χ0v) is 23.4. The molecule has 210 valence electrons. The van der Waals surface area contributed by atoms with Gasteiger partial charge in [0.05, 0.1) is 42.6 Å². The fourth-order valence-electron chi connectivity index (χ4n) is 4.71. The van der Waals surface area contributed by atoms with Crippen molar-refractivity contribution in [3.8, 4) is 22.8 Å². The molecule has 11 heteroatoms. The Morgan fingerprint density at radius 2 is 1.90 bits per heavy atom. The molecule has 4 aromatic rings. The van der Waals surface area contributed by atoms with Gasteiger partial charge in [-0.15, -0.1) is 0 Å². The number of hydrogen-bond acceptors (Lipinski definition) is 10. The number of rotatable bonds is 8. The summed E-state index contributed by atoms with van der Waals surface area (Å²) < 4.78 is 23.9. The lowest BCUT2D eigenvalue weighted by Gasteiger charge is -2.26. The molecule has 0 spiro atoms. The second-order valence-corrected chi connectivity index (χ2v) is 9.95. The van der Waals surface area contributed by atoms with Crippen LogP contribution in [0.3, 0.4) is 0 Å². The standard InChI is InChI=1S/C30H26N2O8S/c1-5-39-29(36)25-16(2)31-30-32(26(25)21-12-10-17(37-3)14-23(21)38-4)27(33)24(41-30)15-18-11-13-22(40-18)19-8-6-7-9-20(19)28(34)35/h6-15,26H,5H2,1-4H3,(H,34,35)/p-1/b24-15-/t26-/m1/s1. The minimum absolute atomic E-state index is 0.0109. The number of benzene rings is 2. The molecule has 0 radical (unpaired) electrons. The molecule has 0 N–H and O–H groups in total. The Kier molecular flexibility index (Phi) is 7.62. The van der Waals surface area contributed by atoms with Gasteiger partial charge in [-0.2, -0.15) is 0 Å². The number of thiazole rings is 1. The van der Waals surface area contributed by atoms with Gasteiger partial charge in [0.25, 0.3) is 5.56 Å². The molecule has 0 fully saturated rings. The molecule has 3 heterocycles. The zero-order valence-electron chi connectivity index (χ0n) is 22.6. The summed E-state index contributed by atoms with van der Waals surface area (Å²) in [5.41, 5.74) is 1.13. The maximum Gasteiger partial charge on any atom is 0.338 e. The maximum atomic E-state index is 13.9. The van der Waals surface area contributed by atoms with Gasteiger partial charge in [0.1, 0.15) is 29.1 Å². The quantitative estimate of drug-likeness (QED) is 0.294. The fourth-order valence-corrected chi connectivity index (χ4v) is 5.74. The van der Waals surface area contributed by atoms with Gasteiger partial charge >= 0.3 is 5.97 Å². The first-order valence-electron chi connectivity index (χ1n) is 12.6. The first kappa shape index (κ1) is 27.7. The highest BCUT2D eigenvalue weighted by atomic mass is 32.1. The number of hydrogen-bond donors (Lipinski definition) is 0. The Morgan fingerprint density at radius 1 is 1.12 bits per heavy atom. The van der Waals surface area contributed by atoms with Crippen molar-refractivity contribution < 1.29 is 33.3 Å². The summed E-state index contributed by atoms with van der Waals surface area (Å²) in [7, 11) is 3.03. The number of ether oxygens (including phenoxy) is 3. The van der Waals surface area contributed by atoms with Crippen molar-refractivity contribution in [2.75, 3.05) is 20.8 Å². The number of esters is 1. The molecule has 0 aliphatic carbocycles. The molecular formula is C30H25N2O8S-. The summed E-state index contributed by atoms with van der Waals surface area (Å²) in [6.45, 7) is 3.54. The Balaban J connectivity index is 1.67. The number of carboxylic acids is 1. The number of aromatic nitrogens is 1. The average molecular weight is 574 g/mol. The SMILES string of the molecule is CCOC(=O)C1=C(C)N=c2s/c(=C\c3ccc(-c4ccccc4C(=O)[O-])o3)c(=O)n2[C@@H]1c1ccc(OC)cc1OC. The van der Waals surface area contributed by atoms with Gasteiger partial charge in [-0.3, -0.25) is 9.36 Å². The third-order valence-electron chi connectivity index (χ3n) is 6.56. The highest BCUT2D eigenvalue weighted by Crippen LogP contribution is 2.37. The van der Waals surface area contributed by atoms with E-state index in [2.05, 4.69) is 4.99 Å². The molecule has 0 saturated heterocycles. The van der Waals surface area contributed by atoms with Crippen LogP contribution in [0.4, 0.5) is 0 Å². The van der Waals surface area contributed by atoms with E-state index in [4.69, 9.17) is 18.6 Å². The first-order chi connectivity index (χ1) is 19.8. The van der Waals surface area contributed by atoms with Gasteiger partial charge in [-0.1, -0.05) is 35.6 Å². The maximum absolute atomic E-state index is 13.9. The first-order valence-corrected chi connectivity index (χ1v) is 13.4. The van der Waals surface area contributed by atoms with Crippen LogP contribution >= 0.6 is 11.3 Å². The van der Waals surface area contributed by atoms with E-state index in [1.807, 2.05) is 0 Å². The van der Waals surface area contributed by atoms with Crippen molar-refractivity contribution in [2.24, 2.45) is 4.99 Å². The lowest BCUT2D eigenvalue weighted by atomic mass is 9.95. The molecule has 5 rings (SSSR count). The summed E-state index contributed by atoms with van der Waals surface area (Å²) in [6.07, 6.45) is 1.56. The van der Waals surface area contributed by atoms with Crippen LogP contribution in [-0.4, -0.2) is 37.3 Å². The van der Waals surface area contributed by atoms with E-state index in [0.717, 1.165) is 11.3 Å². The number of nitrogens with zero attached hydrogens (tertiary/aromatic N) is 2. The van der Waals surface area contributed by atoms with Crippen LogP contribution in [0.15, 0.2) is 80.1 Å². The summed E-state index contributed by atoms with van der Waals surface area (Å²) in [6, 6.07) is 13.9. The average Bonchev–Trinajstić information content (AvgIpc) is 3.56. The van der Waals surface area contributed by atoms with Crippen LogP contribution in [0, 0.1) is 0 Å². The fraction of sp³-hybridized carbons (Fsp3) is 0.200. The third kappa shape index (κ3) is 5.07. The molecule has 0 saturated carbocycles. The van der Waals surface area contributed by atoms with E-state index in [1.165, 1.54) is 24.9 Å². The lowest BCUT2D eigenvalue weighted by Crippen LogP contribution is -2.40. The molecule has 1 aliphatic rings. The van der Waals surface area contributed by atoms with E-state index in [-0.39, 0.29) is 17.7 Å². The molecule has 0 bridgehead atoms. The molecule has 2 aromatic heterocycles. The van der Waals surface area contributed by atoms with Crippen molar-refractivity contribution in [1.29, 1.82) is 0 Å². The van der Waals surface area contributed by atoms with Crippen molar-refractivity contribution >= 4 is 29.4 Å². The van der Waals surface area contributed by atoms with Crippen molar-refractivity contribution in [1.82, 2.24) is 4.57 Å². The Bertz CT molecular complexity index is 1880. The van der Waals surface area contributed by atoms with Crippen molar-refractivity contribution in [3.63, 3.8) is 0 Å². The highest BCUT2D eigenvalue weighted by Gasteiger charge is 2.35. The summed E-state index contributed by atoms with van der Waals surface area (Å²) in [4.78, 5) is 43.6. The number of aromatic carboxylic acids is 1. The molecule has 41 heavy (non-hydrogen) atoms. The topological polar surface area (TPSA) is 132 Å². The number of allylic oxidation sites excluding steroid dienone is 1. The number of carboxylic acid groups (broad SMARTS) is 1. The second kappa shape index (κ2) is 11.3. The summed E-state index contributed by atoms with van der Waals surface area (Å²) in [5.74, 6) is -0.307. The van der Waals surface area contributed by atoms with Gasteiger partial charge in [0.15, 0.2) is 4.80 Å². The zero-order chi connectivity index (χ0) is 29.3. The van der Waals surface area contributed by atoms with E-state index in [1.54, 1.807) is 68.5 Å². The molecule has 0 unspecified atom stereocenters. The van der Waals surface area contributed by atoms with E-state index in [9.17, 15) is 19.5 Å². The van der Waals surface area contributed by atoms with Gasteiger partial charge in [-0.25, -0.2) is 9.79 Å². The second-order valence-electron chi connectivity index (χ2n) is 8.95. The summed E-state index contributed by atoms with van der Waals surface area (Å²) >= 11 is 1.13. The molecule has 10 nitrogen and oxygen atoms in total. The molecule has 2 aromatic carbocycles. The monoisotopic (exact) mass is 573 g/mol. The highest BCUT2D eigenvalue weighted by molar-refractivity contribution is 7.07. The van der Waals surface area contributed by atoms with Gasteiger partial charge in [-0.05, 0) is 38.1 Å². The Morgan fingerprint density at radius 3 is 2.61 bits per heavy atom. The van der Waals surface area contributed by atoms with Gasteiger partial charge < -0.3 is 28.5 Å². The number of furan rings is 1. The lowest BCUT2D eigenvalue weighted by molar-refractivity contribution is -0.255. The van der Waals surface area contributed by atoms with Crippen LogP contribution in [0.25, 0.3) is 17.4 Å².